The smallest absolute Gasteiger partial charge is 0.405 e. The van der Waals surface area contributed by atoms with Crippen molar-refractivity contribution in [1.82, 2.24) is 10.3 Å². The van der Waals surface area contributed by atoms with Crippen molar-refractivity contribution in [1.29, 1.82) is 0 Å². The van der Waals surface area contributed by atoms with Gasteiger partial charge < -0.3 is 10.1 Å². The Morgan fingerprint density at radius 2 is 2.30 bits per heavy atom. The molecule has 1 fully saturated rings. The summed E-state index contributed by atoms with van der Waals surface area (Å²) in [5.41, 5.74) is 0.0717. The van der Waals surface area contributed by atoms with E-state index in [1.165, 1.54) is 18.3 Å². The molecule has 1 aliphatic rings. The summed E-state index contributed by atoms with van der Waals surface area (Å²) in [5, 5.41) is 1.78. The highest BCUT2D eigenvalue weighted by Crippen LogP contribution is 2.22. The maximum absolute atomic E-state index is 12.0. The number of hydrogen-bond donors (Lipinski definition) is 1. The molecular weight excluding hydrogens is 293 g/mol. The Labute approximate surface area is 118 Å². The minimum Gasteiger partial charge on any atom is -0.473 e. The zero-order valence-electron chi connectivity index (χ0n) is 10.4. The van der Waals surface area contributed by atoms with Gasteiger partial charge in [-0.2, -0.15) is 24.9 Å². The van der Waals surface area contributed by atoms with Gasteiger partial charge in [0.25, 0.3) is 5.91 Å². The van der Waals surface area contributed by atoms with Gasteiger partial charge >= 0.3 is 6.18 Å². The van der Waals surface area contributed by atoms with Gasteiger partial charge in [0.1, 0.15) is 12.6 Å². The van der Waals surface area contributed by atoms with Gasteiger partial charge in [0, 0.05) is 18.0 Å². The summed E-state index contributed by atoms with van der Waals surface area (Å²) in [5.74, 6) is 1.51. The summed E-state index contributed by atoms with van der Waals surface area (Å²) < 4.78 is 41.5. The van der Waals surface area contributed by atoms with Crippen molar-refractivity contribution in [3.05, 3.63) is 23.9 Å². The summed E-state index contributed by atoms with van der Waals surface area (Å²) in [4.78, 5) is 15.4. The first-order valence-corrected chi connectivity index (χ1v) is 7.15. The third-order valence-electron chi connectivity index (χ3n) is 2.62. The van der Waals surface area contributed by atoms with E-state index in [-0.39, 0.29) is 11.7 Å². The minimum atomic E-state index is -4.42. The first-order chi connectivity index (χ1) is 9.44. The molecule has 1 saturated heterocycles. The van der Waals surface area contributed by atoms with Crippen LogP contribution in [0, 0.1) is 0 Å². The predicted octanol–water partition coefficient (Wildman–Crippen LogP) is 2.26. The molecule has 1 atom stereocenters. The highest BCUT2D eigenvalue weighted by Gasteiger charge is 2.28. The fourth-order valence-electron chi connectivity index (χ4n) is 1.64. The highest BCUT2D eigenvalue weighted by atomic mass is 32.2. The van der Waals surface area contributed by atoms with Crippen LogP contribution in [0.5, 0.6) is 5.88 Å². The Morgan fingerprint density at radius 1 is 1.50 bits per heavy atom. The van der Waals surface area contributed by atoms with Crippen LogP contribution in [0.4, 0.5) is 13.2 Å². The van der Waals surface area contributed by atoms with E-state index in [9.17, 15) is 18.0 Å². The molecule has 110 valence electrons. The zero-order chi connectivity index (χ0) is 14.6. The number of nitrogens with zero attached hydrogens (tertiary/aromatic N) is 1. The average molecular weight is 306 g/mol. The van der Waals surface area contributed by atoms with Crippen LogP contribution in [0.2, 0.25) is 0 Å². The molecule has 2 rings (SSSR count). The highest BCUT2D eigenvalue weighted by molar-refractivity contribution is 7.99. The topological polar surface area (TPSA) is 51.2 Å². The first kappa shape index (κ1) is 15.0. The van der Waals surface area contributed by atoms with Gasteiger partial charge in [-0.25, -0.2) is 4.98 Å². The van der Waals surface area contributed by atoms with Crippen LogP contribution in [0.3, 0.4) is 0 Å². The number of aromatic nitrogens is 1. The lowest BCUT2D eigenvalue weighted by atomic mass is 10.2. The Morgan fingerprint density at radius 3 is 2.85 bits per heavy atom. The quantitative estimate of drug-likeness (QED) is 0.927. The van der Waals surface area contributed by atoms with Crippen molar-refractivity contribution in [3.8, 4) is 5.88 Å². The van der Waals surface area contributed by atoms with Crippen LogP contribution < -0.4 is 10.1 Å². The van der Waals surface area contributed by atoms with Gasteiger partial charge in [0.05, 0.1) is 5.56 Å². The number of rotatable bonds is 4. The van der Waals surface area contributed by atoms with Crippen molar-refractivity contribution in [2.45, 2.75) is 18.7 Å². The Bertz CT molecular complexity index is 459. The van der Waals surface area contributed by atoms with Gasteiger partial charge in [-0.05, 0) is 18.2 Å². The van der Waals surface area contributed by atoms with Crippen LogP contribution in [0.15, 0.2) is 18.3 Å². The Hall–Kier alpha value is -1.44. The van der Waals surface area contributed by atoms with Crippen LogP contribution in [-0.2, 0) is 0 Å². The van der Waals surface area contributed by atoms with Gasteiger partial charge in [0.2, 0.25) is 5.88 Å². The molecule has 1 aliphatic heterocycles. The summed E-state index contributed by atoms with van der Waals surface area (Å²) in [6, 6.07) is 2.89. The van der Waals surface area contributed by atoms with E-state index in [1.54, 1.807) is 17.1 Å². The molecule has 0 aromatic carbocycles. The number of pyridine rings is 1. The van der Waals surface area contributed by atoms with Crippen molar-refractivity contribution in [2.24, 2.45) is 0 Å². The molecule has 1 amide bonds. The molecule has 1 aromatic heterocycles. The Balaban J connectivity index is 1.88. The standard InChI is InChI=1S/C12H13F3N2O2S/c13-12(14,15)7-17-11(18)8-1-2-10(16-5-8)19-9-3-4-20-6-9/h1-2,5,9H,3-4,6-7H2,(H,17,18)/t9-/m1/s1. The molecule has 0 radical (unpaired) electrons. The predicted molar refractivity (Wildman–Crippen MR) is 69.0 cm³/mol. The molecule has 20 heavy (non-hydrogen) atoms. The number of carbonyl (C=O) groups is 1. The SMILES string of the molecule is O=C(NCC(F)(F)F)c1ccc(O[C@@H]2CCSC2)nc1. The number of carbonyl (C=O) groups excluding carboxylic acids is 1. The second-order valence-corrected chi connectivity index (χ2v) is 5.44. The third-order valence-corrected chi connectivity index (χ3v) is 3.76. The van der Waals surface area contributed by atoms with E-state index in [4.69, 9.17) is 4.74 Å². The maximum atomic E-state index is 12.0. The van der Waals surface area contributed by atoms with Crippen molar-refractivity contribution in [3.63, 3.8) is 0 Å². The van der Waals surface area contributed by atoms with Crippen molar-refractivity contribution in [2.75, 3.05) is 18.1 Å². The van der Waals surface area contributed by atoms with Gasteiger partial charge in [-0.15, -0.1) is 0 Å². The minimum absolute atomic E-state index is 0.0717. The zero-order valence-corrected chi connectivity index (χ0v) is 11.3. The monoisotopic (exact) mass is 306 g/mol. The van der Waals surface area contributed by atoms with Gasteiger partial charge in [0.15, 0.2) is 0 Å². The van der Waals surface area contributed by atoms with E-state index in [1.807, 2.05) is 0 Å². The molecule has 0 bridgehead atoms. The molecule has 0 spiro atoms. The molecule has 1 aromatic rings. The van der Waals surface area contributed by atoms with E-state index >= 15 is 0 Å². The summed E-state index contributed by atoms with van der Waals surface area (Å²) >= 11 is 1.79. The number of hydrogen-bond acceptors (Lipinski definition) is 4. The van der Waals surface area contributed by atoms with E-state index in [2.05, 4.69) is 4.98 Å². The lowest BCUT2D eigenvalue weighted by Gasteiger charge is -2.12. The molecule has 1 N–H and O–H groups in total. The number of ether oxygens (including phenoxy) is 1. The van der Waals surface area contributed by atoms with Gasteiger partial charge in [-0.3, -0.25) is 4.79 Å². The number of alkyl halides is 3. The molecule has 0 aliphatic carbocycles. The normalized spacial score (nSPS) is 18.9. The second-order valence-electron chi connectivity index (χ2n) is 4.29. The number of halogens is 3. The largest absolute Gasteiger partial charge is 0.473 e. The van der Waals surface area contributed by atoms with Crippen LogP contribution in [0.25, 0.3) is 0 Å². The summed E-state index contributed by atoms with van der Waals surface area (Å²) in [6.45, 7) is -1.36. The van der Waals surface area contributed by atoms with Crippen LogP contribution >= 0.6 is 11.8 Å². The summed E-state index contributed by atoms with van der Waals surface area (Å²) in [7, 11) is 0. The third kappa shape index (κ3) is 4.59. The molecule has 2 heterocycles. The van der Waals surface area contributed by atoms with E-state index in [0.29, 0.717) is 5.88 Å². The lowest BCUT2D eigenvalue weighted by Crippen LogP contribution is -2.33. The fraction of sp³-hybridized carbons (Fsp3) is 0.500. The molecule has 8 heteroatoms. The molecule has 0 unspecified atom stereocenters. The van der Waals surface area contributed by atoms with E-state index < -0.39 is 18.6 Å². The second kappa shape index (κ2) is 6.34. The molecular formula is C12H13F3N2O2S. The van der Waals surface area contributed by atoms with Gasteiger partial charge in [-0.1, -0.05) is 0 Å². The maximum Gasteiger partial charge on any atom is 0.405 e. The first-order valence-electron chi connectivity index (χ1n) is 5.99. The van der Waals surface area contributed by atoms with Crippen molar-refractivity contribution < 1.29 is 22.7 Å². The van der Waals surface area contributed by atoms with Crippen LogP contribution in [-0.4, -0.2) is 41.2 Å². The fourth-order valence-corrected chi connectivity index (χ4v) is 2.74. The summed E-state index contributed by atoms with van der Waals surface area (Å²) in [6.07, 6.45) is -2.16. The molecule has 0 saturated carbocycles. The Kier molecular flexibility index (Phi) is 4.74. The number of thioether (sulfide) groups is 1. The van der Waals surface area contributed by atoms with E-state index in [0.717, 1.165) is 17.9 Å². The molecule has 4 nitrogen and oxygen atoms in total. The average Bonchev–Trinajstić information content (AvgIpc) is 2.89. The lowest BCUT2D eigenvalue weighted by molar-refractivity contribution is -0.123. The number of nitrogens with one attached hydrogen (secondary N) is 1. The van der Waals surface area contributed by atoms with Crippen LogP contribution in [0.1, 0.15) is 16.8 Å². The van der Waals surface area contributed by atoms with Crippen molar-refractivity contribution >= 4 is 17.7 Å². The number of amides is 1.